The highest BCUT2D eigenvalue weighted by Crippen LogP contribution is 2.42. The fourth-order valence-electron chi connectivity index (χ4n) is 4.66. The Morgan fingerprint density at radius 3 is 2.40 bits per heavy atom. The van der Waals surface area contributed by atoms with Crippen molar-refractivity contribution >= 4 is 40.5 Å². The Bertz CT molecular complexity index is 1700. The van der Waals surface area contributed by atoms with E-state index >= 15 is 0 Å². The lowest BCUT2D eigenvalue weighted by atomic mass is 9.90. The molecular formula is C31H32N4O8. The number of urea groups is 1. The van der Waals surface area contributed by atoms with Gasteiger partial charge in [0, 0.05) is 53.8 Å². The molecule has 0 bridgehead atoms. The molecule has 2 aromatic carbocycles. The van der Waals surface area contributed by atoms with Crippen LogP contribution >= 0.6 is 0 Å². The van der Waals surface area contributed by atoms with E-state index < -0.39 is 12.0 Å². The number of hydrogen-bond donors (Lipinski definition) is 6. The van der Waals surface area contributed by atoms with E-state index in [9.17, 15) is 34.2 Å². The molecule has 224 valence electrons. The van der Waals surface area contributed by atoms with Crippen molar-refractivity contribution in [2.75, 3.05) is 25.0 Å². The second-order valence-corrected chi connectivity index (χ2v) is 9.80. The summed E-state index contributed by atoms with van der Waals surface area (Å²) in [5, 5.41) is 31.1. The van der Waals surface area contributed by atoms with Crippen LogP contribution in [-0.4, -0.2) is 53.7 Å². The normalized spacial score (nSPS) is 10.8. The highest BCUT2D eigenvalue weighted by molar-refractivity contribution is 6.08. The van der Waals surface area contributed by atoms with E-state index in [4.69, 9.17) is 4.42 Å². The standard InChI is InChI=1S/C31H32N4O8/c1-2-32-28(39)17-34-27(38)6-4-3-5-13-33-31(42)35-18-7-10-21(24(14-18)30(40)41)29-22-11-8-19(36)15-25(22)43-26-16-20(37)9-12-23(26)29/h7-12,14-16,36H,2-6,13,17H2,1H3,(H,32,39)(H,34,38)(H,40,41)(H2,33,35,42). The smallest absolute Gasteiger partial charge is 0.336 e. The highest BCUT2D eigenvalue weighted by atomic mass is 16.4. The first-order chi connectivity index (χ1) is 20.7. The predicted molar refractivity (Wildman–Crippen MR) is 160 cm³/mol. The SMILES string of the molecule is CCNC(=O)CNC(=O)CCCCCNC(=O)Nc1ccc(-c2c3ccc(=O)cc-3oc3cc(O)ccc23)c(C(=O)O)c1. The molecule has 43 heavy (non-hydrogen) atoms. The van der Waals surface area contributed by atoms with Gasteiger partial charge in [0.2, 0.25) is 11.8 Å². The van der Waals surface area contributed by atoms with Gasteiger partial charge in [-0.15, -0.1) is 0 Å². The van der Waals surface area contributed by atoms with Crippen LogP contribution in [0.2, 0.25) is 0 Å². The van der Waals surface area contributed by atoms with Crippen molar-refractivity contribution in [3.05, 3.63) is 70.4 Å². The van der Waals surface area contributed by atoms with Crippen LogP contribution in [0.4, 0.5) is 10.5 Å². The molecule has 2 aliphatic rings. The fraction of sp³-hybridized carbons (Fsp3) is 0.258. The number of carboxylic acids is 1. The quantitative estimate of drug-likeness (QED) is 0.106. The van der Waals surface area contributed by atoms with Crippen molar-refractivity contribution in [3.8, 4) is 28.2 Å². The first kappa shape index (κ1) is 30.6. The molecule has 0 fully saturated rings. The summed E-state index contributed by atoms with van der Waals surface area (Å²) in [6, 6.07) is 12.7. The van der Waals surface area contributed by atoms with Gasteiger partial charge >= 0.3 is 12.0 Å². The molecule has 0 aromatic heterocycles. The van der Waals surface area contributed by atoms with Crippen LogP contribution in [0.3, 0.4) is 0 Å². The fourth-order valence-corrected chi connectivity index (χ4v) is 4.66. The zero-order valence-electron chi connectivity index (χ0n) is 23.5. The summed E-state index contributed by atoms with van der Waals surface area (Å²) in [4.78, 5) is 60.0. The predicted octanol–water partition coefficient (Wildman–Crippen LogP) is 3.90. The molecule has 0 unspecified atom stereocenters. The number of likely N-dealkylation sites (N-methyl/N-ethyl adjacent to an activating group) is 1. The van der Waals surface area contributed by atoms with Crippen LogP contribution in [0.1, 0.15) is 43.0 Å². The number of fused-ring (bicyclic) bond motifs is 2. The molecule has 0 radical (unpaired) electrons. The van der Waals surface area contributed by atoms with Crippen molar-refractivity contribution in [1.29, 1.82) is 0 Å². The van der Waals surface area contributed by atoms with Gasteiger partial charge in [-0.1, -0.05) is 12.5 Å². The van der Waals surface area contributed by atoms with E-state index in [0.717, 1.165) is 0 Å². The van der Waals surface area contributed by atoms with Crippen molar-refractivity contribution in [2.45, 2.75) is 32.6 Å². The average molecular weight is 589 g/mol. The molecule has 1 heterocycles. The Labute approximate surface area is 246 Å². The van der Waals surface area contributed by atoms with Crippen LogP contribution in [0.15, 0.2) is 63.8 Å². The minimum atomic E-state index is -1.23. The van der Waals surface area contributed by atoms with Gasteiger partial charge in [0.15, 0.2) is 5.43 Å². The van der Waals surface area contributed by atoms with E-state index in [1.807, 2.05) is 0 Å². The van der Waals surface area contributed by atoms with E-state index in [1.54, 1.807) is 31.2 Å². The summed E-state index contributed by atoms with van der Waals surface area (Å²) in [7, 11) is 0. The van der Waals surface area contributed by atoms with Gasteiger partial charge in [-0.3, -0.25) is 14.4 Å². The van der Waals surface area contributed by atoms with Crippen LogP contribution in [0.25, 0.3) is 33.4 Å². The van der Waals surface area contributed by atoms with E-state index in [1.165, 1.54) is 30.3 Å². The van der Waals surface area contributed by atoms with Gasteiger partial charge in [0.05, 0.1) is 12.1 Å². The number of benzene rings is 3. The van der Waals surface area contributed by atoms with Gasteiger partial charge in [0.1, 0.15) is 17.1 Å². The molecule has 6 N–H and O–H groups in total. The summed E-state index contributed by atoms with van der Waals surface area (Å²) in [5.74, 6) is -1.50. The summed E-state index contributed by atoms with van der Waals surface area (Å²) in [6.45, 7) is 2.58. The Kier molecular flexibility index (Phi) is 9.94. The van der Waals surface area contributed by atoms with Crippen molar-refractivity contribution in [2.24, 2.45) is 0 Å². The molecule has 12 heteroatoms. The van der Waals surface area contributed by atoms with Gasteiger partial charge < -0.3 is 35.9 Å². The Hall–Kier alpha value is -5.39. The molecule has 0 spiro atoms. The third-order valence-electron chi connectivity index (χ3n) is 6.64. The largest absolute Gasteiger partial charge is 0.508 e. The van der Waals surface area contributed by atoms with Crippen LogP contribution in [0.5, 0.6) is 5.75 Å². The summed E-state index contributed by atoms with van der Waals surface area (Å²) in [5.41, 5.74) is 1.51. The van der Waals surface area contributed by atoms with Gasteiger partial charge in [0.25, 0.3) is 0 Å². The molecule has 1 aliphatic carbocycles. The first-order valence-corrected chi connectivity index (χ1v) is 13.8. The lowest BCUT2D eigenvalue weighted by Crippen LogP contribution is -2.36. The van der Waals surface area contributed by atoms with E-state index in [-0.39, 0.29) is 58.6 Å². The number of aromatic carboxylic acids is 1. The van der Waals surface area contributed by atoms with Gasteiger partial charge in [-0.25, -0.2) is 9.59 Å². The molecule has 0 saturated carbocycles. The third kappa shape index (κ3) is 7.88. The molecule has 1 aliphatic heterocycles. The number of aromatic hydroxyl groups is 1. The maximum absolute atomic E-state index is 12.5. The Morgan fingerprint density at radius 2 is 1.63 bits per heavy atom. The molecule has 4 rings (SSSR count). The number of carboxylic acid groups (broad SMARTS) is 1. The maximum atomic E-state index is 12.5. The minimum absolute atomic E-state index is 0.0531. The lowest BCUT2D eigenvalue weighted by Gasteiger charge is -2.17. The lowest BCUT2D eigenvalue weighted by molar-refractivity contribution is -0.126. The maximum Gasteiger partial charge on any atom is 0.336 e. The van der Waals surface area contributed by atoms with Crippen LogP contribution in [0, 0.1) is 0 Å². The molecule has 0 atom stereocenters. The Balaban J connectivity index is 1.41. The average Bonchev–Trinajstić information content (AvgIpc) is 2.96. The highest BCUT2D eigenvalue weighted by Gasteiger charge is 2.22. The summed E-state index contributed by atoms with van der Waals surface area (Å²) >= 11 is 0. The van der Waals surface area contributed by atoms with Crippen molar-refractivity contribution < 1.29 is 33.8 Å². The number of nitrogens with one attached hydrogen (secondary N) is 4. The number of hydrogen-bond acceptors (Lipinski definition) is 7. The van der Waals surface area contributed by atoms with Crippen molar-refractivity contribution in [3.63, 3.8) is 0 Å². The van der Waals surface area contributed by atoms with Gasteiger partial charge in [-0.2, -0.15) is 0 Å². The molecule has 0 saturated heterocycles. The second kappa shape index (κ2) is 14.0. The molecule has 12 nitrogen and oxygen atoms in total. The number of carbonyl (C=O) groups excluding carboxylic acids is 3. The number of phenolic OH excluding ortho intramolecular Hbond substituents is 1. The number of unbranched alkanes of at least 4 members (excludes halogenated alkanes) is 2. The van der Waals surface area contributed by atoms with E-state index in [0.29, 0.717) is 54.4 Å². The summed E-state index contributed by atoms with van der Waals surface area (Å²) < 4.78 is 5.84. The first-order valence-electron chi connectivity index (χ1n) is 13.8. The number of anilines is 1. The van der Waals surface area contributed by atoms with Crippen LogP contribution < -0.4 is 26.7 Å². The number of phenols is 1. The van der Waals surface area contributed by atoms with Crippen LogP contribution in [-0.2, 0) is 9.59 Å². The minimum Gasteiger partial charge on any atom is -0.508 e. The monoisotopic (exact) mass is 588 g/mol. The molecular weight excluding hydrogens is 556 g/mol. The van der Waals surface area contributed by atoms with E-state index in [2.05, 4.69) is 21.3 Å². The topological polar surface area (TPSA) is 187 Å². The Morgan fingerprint density at radius 1 is 0.837 bits per heavy atom. The number of carbonyl (C=O) groups is 4. The summed E-state index contributed by atoms with van der Waals surface area (Å²) in [6.07, 6.45) is 2.18. The molecule has 2 aromatic rings. The van der Waals surface area contributed by atoms with Gasteiger partial charge in [-0.05, 0) is 61.7 Å². The zero-order valence-corrected chi connectivity index (χ0v) is 23.5. The third-order valence-corrected chi connectivity index (χ3v) is 6.64. The second-order valence-electron chi connectivity index (χ2n) is 9.80. The number of amides is 4. The molecule has 4 amide bonds. The zero-order chi connectivity index (χ0) is 30.9. The van der Waals surface area contributed by atoms with Crippen molar-refractivity contribution in [1.82, 2.24) is 16.0 Å². The number of rotatable bonds is 12.